The molecule has 0 radical (unpaired) electrons. The van der Waals surface area contributed by atoms with Crippen molar-refractivity contribution in [3.63, 3.8) is 0 Å². The average molecular weight is 644 g/mol. The first-order valence-corrected chi connectivity index (χ1v) is 16.7. The standard InChI is InChI=1S/C35H45N7O5/c1-21-9-12-26-25(19-36-39-26)28(21)29-27(44-6)18-24-30(31(29)46-23-10-11-23)37-33(45-20-22-8-7-13-40(22)5)38-32(24)41-14-16-42(17-15-41)34(43)47-35(2,3)4/h9,12,18-19,22-23H,7-8,10-11,13-17,20H2,1-6H3,(H,36,39). The molecule has 47 heavy (non-hydrogen) atoms. The van der Waals surface area contributed by atoms with E-state index in [9.17, 15) is 4.79 Å². The summed E-state index contributed by atoms with van der Waals surface area (Å²) < 4.78 is 25.0. The van der Waals surface area contributed by atoms with E-state index in [1.807, 2.05) is 39.1 Å². The number of methoxy groups -OCH3 is 1. The molecule has 1 atom stereocenters. The number of rotatable bonds is 8. The van der Waals surface area contributed by atoms with E-state index < -0.39 is 5.60 Å². The van der Waals surface area contributed by atoms with Crippen molar-refractivity contribution in [1.82, 2.24) is 30.0 Å². The molecule has 3 aliphatic rings. The number of aromatic amines is 1. The number of likely N-dealkylation sites (tertiary alicyclic amines) is 1. The minimum atomic E-state index is -0.554. The summed E-state index contributed by atoms with van der Waals surface area (Å²) in [5.41, 5.74) is 3.97. The van der Waals surface area contributed by atoms with Crippen LogP contribution in [0.3, 0.4) is 0 Å². The first-order valence-electron chi connectivity index (χ1n) is 16.7. The molecule has 2 aliphatic heterocycles. The Kier molecular flexibility index (Phi) is 8.23. The highest BCUT2D eigenvalue weighted by Crippen LogP contribution is 2.50. The van der Waals surface area contributed by atoms with E-state index in [0.29, 0.717) is 61.9 Å². The van der Waals surface area contributed by atoms with Crippen LogP contribution < -0.4 is 19.1 Å². The molecule has 0 spiro atoms. The molecule has 4 heterocycles. The number of amides is 1. The molecule has 2 aromatic heterocycles. The first kappa shape index (κ1) is 31.3. The number of nitrogens with one attached hydrogen (secondary N) is 1. The van der Waals surface area contributed by atoms with Crippen LogP contribution in [0, 0.1) is 6.92 Å². The molecular formula is C35H45N7O5. The maximum Gasteiger partial charge on any atom is 0.410 e. The van der Waals surface area contributed by atoms with Crippen molar-refractivity contribution in [2.24, 2.45) is 0 Å². The van der Waals surface area contributed by atoms with Crippen LogP contribution in [-0.4, -0.2) is 107 Å². The summed E-state index contributed by atoms with van der Waals surface area (Å²) in [6.07, 6.45) is 5.84. The van der Waals surface area contributed by atoms with Crippen LogP contribution in [0.4, 0.5) is 10.6 Å². The van der Waals surface area contributed by atoms with Crippen molar-refractivity contribution in [3.05, 3.63) is 30.0 Å². The predicted molar refractivity (Wildman–Crippen MR) is 181 cm³/mol. The molecular weight excluding hydrogens is 598 g/mol. The highest BCUT2D eigenvalue weighted by molar-refractivity contribution is 6.06. The molecule has 2 saturated heterocycles. The lowest BCUT2D eigenvalue weighted by molar-refractivity contribution is 0.0240. The molecule has 1 N–H and O–H groups in total. The SMILES string of the molecule is COc1cc2c(N3CCN(C(=O)OC(C)(C)C)CC3)nc(OCC3CCCN3C)nc2c(OC2CC2)c1-c1c(C)ccc2[nH]ncc12. The van der Waals surface area contributed by atoms with Gasteiger partial charge < -0.3 is 33.6 Å². The minimum absolute atomic E-state index is 0.0974. The van der Waals surface area contributed by atoms with Gasteiger partial charge in [-0.15, -0.1) is 0 Å². The summed E-state index contributed by atoms with van der Waals surface area (Å²) in [6, 6.07) is 6.77. The fraction of sp³-hybridized carbons (Fsp3) is 0.543. The molecule has 1 aliphatic carbocycles. The third kappa shape index (κ3) is 6.35. The number of carbonyl (C=O) groups excluding carboxylic acids is 1. The second-order valence-corrected chi connectivity index (χ2v) is 14.0. The maximum atomic E-state index is 12.9. The number of hydrogen-bond donors (Lipinski definition) is 1. The normalized spacial score (nSPS) is 19.1. The Morgan fingerprint density at radius 1 is 1.02 bits per heavy atom. The van der Waals surface area contributed by atoms with E-state index in [1.54, 1.807) is 12.0 Å². The first-order chi connectivity index (χ1) is 22.6. The fourth-order valence-corrected chi connectivity index (χ4v) is 6.59. The van der Waals surface area contributed by atoms with Crippen LogP contribution in [0.25, 0.3) is 32.9 Å². The second kappa shape index (κ2) is 12.4. The lowest BCUT2D eigenvalue weighted by Crippen LogP contribution is -2.50. The number of fused-ring (bicyclic) bond motifs is 2. The number of likely N-dealkylation sites (N-methyl/N-ethyl adjacent to an activating group) is 1. The van der Waals surface area contributed by atoms with Gasteiger partial charge >= 0.3 is 12.1 Å². The molecule has 250 valence electrons. The molecule has 0 bridgehead atoms. The quantitative estimate of drug-likeness (QED) is 0.261. The molecule has 7 rings (SSSR count). The molecule has 1 amide bonds. The summed E-state index contributed by atoms with van der Waals surface area (Å²) in [5, 5.41) is 9.25. The summed E-state index contributed by atoms with van der Waals surface area (Å²) in [5.74, 6) is 2.07. The van der Waals surface area contributed by atoms with E-state index in [1.165, 1.54) is 0 Å². The zero-order valence-electron chi connectivity index (χ0n) is 28.3. The number of aryl methyl sites for hydroxylation is 1. The molecule has 3 fully saturated rings. The zero-order chi connectivity index (χ0) is 32.9. The average Bonchev–Trinajstić information content (AvgIpc) is 3.57. The topological polar surface area (TPSA) is 118 Å². The van der Waals surface area contributed by atoms with Gasteiger partial charge in [-0.25, -0.2) is 4.79 Å². The van der Waals surface area contributed by atoms with Gasteiger partial charge in [0.25, 0.3) is 0 Å². The van der Waals surface area contributed by atoms with Gasteiger partial charge in [0.1, 0.15) is 29.3 Å². The van der Waals surface area contributed by atoms with Gasteiger partial charge in [-0.1, -0.05) is 6.07 Å². The van der Waals surface area contributed by atoms with E-state index in [4.69, 9.17) is 28.9 Å². The Hall–Kier alpha value is -4.32. The molecule has 1 unspecified atom stereocenters. The zero-order valence-corrected chi connectivity index (χ0v) is 28.3. The van der Waals surface area contributed by atoms with Crippen LogP contribution in [0.15, 0.2) is 24.4 Å². The number of carbonyl (C=O) groups is 1. The molecule has 1 saturated carbocycles. The van der Waals surface area contributed by atoms with Crippen LogP contribution in [0.1, 0.15) is 52.0 Å². The van der Waals surface area contributed by atoms with Crippen LogP contribution >= 0.6 is 0 Å². The van der Waals surface area contributed by atoms with Gasteiger partial charge in [0.05, 0.1) is 35.9 Å². The van der Waals surface area contributed by atoms with Gasteiger partial charge in [-0.2, -0.15) is 15.1 Å². The summed E-state index contributed by atoms with van der Waals surface area (Å²) in [7, 11) is 3.82. The number of hydrogen-bond acceptors (Lipinski definition) is 10. The fourth-order valence-electron chi connectivity index (χ4n) is 6.59. The number of piperazine rings is 1. The van der Waals surface area contributed by atoms with Gasteiger partial charge in [0.15, 0.2) is 5.75 Å². The smallest absolute Gasteiger partial charge is 0.410 e. The van der Waals surface area contributed by atoms with Crippen molar-refractivity contribution < 1.29 is 23.7 Å². The Labute approximate surface area is 275 Å². The lowest BCUT2D eigenvalue weighted by atomic mass is 9.94. The van der Waals surface area contributed by atoms with Crippen LogP contribution in [0.5, 0.6) is 17.5 Å². The van der Waals surface area contributed by atoms with Crippen LogP contribution in [-0.2, 0) is 4.74 Å². The number of anilines is 1. The molecule has 12 heteroatoms. The number of H-pyrrole nitrogens is 1. The third-order valence-corrected chi connectivity index (χ3v) is 9.29. The summed E-state index contributed by atoms with van der Waals surface area (Å²) in [4.78, 5) is 29.2. The monoisotopic (exact) mass is 643 g/mol. The Bertz CT molecular complexity index is 1790. The summed E-state index contributed by atoms with van der Waals surface area (Å²) in [6.45, 7) is 11.5. The highest BCUT2D eigenvalue weighted by Gasteiger charge is 2.33. The predicted octanol–water partition coefficient (Wildman–Crippen LogP) is 5.56. The van der Waals surface area contributed by atoms with E-state index in [2.05, 4.69) is 40.0 Å². The van der Waals surface area contributed by atoms with E-state index >= 15 is 0 Å². The molecule has 4 aromatic rings. The minimum Gasteiger partial charge on any atom is -0.496 e. The van der Waals surface area contributed by atoms with Gasteiger partial charge in [0, 0.05) is 43.2 Å². The lowest BCUT2D eigenvalue weighted by Gasteiger charge is -2.36. The highest BCUT2D eigenvalue weighted by atomic mass is 16.6. The maximum absolute atomic E-state index is 12.9. The van der Waals surface area contributed by atoms with Crippen molar-refractivity contribution in [3.8, 4) is 28.6 Å². The van der Waals surface area contributed by atoms with Gasteiger partial charge in [-0.05, 0) is 84.7 Å². The Morgan fingerprint density at radius 3 is 2.49 bits per heavy atom. The Morgan fingerprint density at radius 2 is 1.81 bits per heavy atom. The van der Waals surface area contributed by atoms with Crippen LogP contribution in [0.2, 0.25) is 0 Å². The van der Waals surface area contributed by atoms with E-state index in [-0.39, 0.29) is 12.2 Å². The van der Waals surface area contributed by atoms with Crippen molar-refractivity contribution in [2.45, 2.75) is 71.1 Å². The van der Waals surface area contributed by atoms with Gasteiger partial charge in [-0.3, -0.25) is 5.10 Å². The Balaban J connectivity index is 1.35. The summed E-state index contributed by atoms with van der Waals surface area (Å²) >= 11 is 0. The number of aromatic nitrogens is 4. The van der Waals surface area contributed by atoms with Gasteiger partial charge in [0.2, 0.25) is 0 Å². The van der Waals surface area contributed by atoms with Crippen molar-refractivity contribution in [2.75, 3.05) is 58.4 Å². The van der Waals surface area contributed by atoms with Crippen molar-refractivity contribution >= 4 is 33.7 Å². The number of benzene rings is 2. The number of nitrogens with zero attached hydrogens (tertiary/aromatic N) is 6. The van der Waals surface area contributed by atoms with Crippen molar-refractivity contribution in [1.29, 1.82) is 0 Å². The number of ether oxygens (including phenoxy) is 4. The molecule has 2 aromatic carbocycles. The largest absolute Gasteiger partial charge is 0.496 e. The second-order valence-electron chi connectivity index (χ2n) is 14.0. The third-order valence-electron chi connectivity index (χ3n) is 9.29. The van der Waals surface area contributed by atoms with E-state index in [0.717, 1.165) is 71.0 Å². The molecule has 12 nitrogen and oxygen atoms in total.